The van der Waals surface area contributed by atoms with Crippen LogP contribution in [0.2, 0.25) is 10.0 Å². The average molecular weight is 429 g/mol. The number of hydrogen-bond acceptors (Lipinski definition) is 5. The van der Waals surface area contributed by atoms with Gasteiger partial charge in [-0.05, 0) is 31.9 Å². The van der Waals surface area contributed by atoms with Gasteiger partial charge in [-0.1, -0.05) is 29.3 Å². The Morgan fingerprint density at radius 2 is 2.14 bits per heavy atom. The summed E-state index contributed by atoms with van der Waals surface area (Å²) in [7, 11) is 0. The molecule has 9 heteroatoms. The van der Waals surface area contributed by atoms with Crippen molar-refractivity contribution < 1.29 is 23.9 Å². The minimum atomic E-state index is -0.511. The van der Waals surface area contributed by atoms with Crippen molar-refractivity contribution in [3.63, 3.8) is 0 Å². The van der Waals surface area contributed by atoms with Crippen LogP contribution < -0.4 is 15.4 Å². The fraction of sp³-hybridized carbons (Fsp3) is 0.421. The molecule has 0 radical (unpaired) electrons. The molecule has 2 amide bonds. The highest BCUT2D eigenvalue weighted by atomic mass is 35.5. The Morgan fingerprint density at radius 3 is 2.79 bits per heavy atom. The summed E-state index contributed by atoms with van der Waals surface area (Å²) in [4.78, 5) is 35.6. The zero-order chi connectivity index (χ0) is 20.5. The molecule has 2 atom stereocenters. The number of ether oxygens (including phenoxy) is 2. The van der Waals surface area contributed by atoms with E-state index < -0.39 is 17.9 Å². The molecule has 0 saturated carbocycles. The number of rotatable bonds is 9. The third kappa shape index (κ3) is 7.05. The van der Waals surface area contributed by atoms with E-state index in [9.17, 15) is 14.4 Å². The molecule has 1 unspecified atom stereocenters. The second-order valence-electron chi connectivity index (χ2n) is 6.16. The monoisotopic (exact) mass is 428 g/mol. The van der Waals surface area contributed by atoms with Gasteiger partial charge in [-0.3, -0.25) is 9.59 Å². The molecule has 1 aliphatic heterocycles. The van der Waals surface area contributed by atoms with Gasteiger partial charge in [0.05, 0.1) is 16.7 Å². The first kappa shape index (κ1) is 22.0. The van der Waals surface area contributed by atoms with Gasteiger partial charge in [0, 0.05) is 30.6 Å². The normalized spacial score (nSPS) is 17.2. The van der Waals surface area contributed by atoms with Crippen LogP contribution in [0.4, 0.5) is 0 Å². The van der Waals surface area contributed by atoms with Crippen molar-refractivity contribution in [1.29, 1.82) is 0 Å². The minimum Gasteiger partial charge on any atom is -0.484 e. The van der Waals surface area contributed by atoms with Gasteiger partial charge >= 0.3 is 5.97 Å². The van der Waals surface area contributed by atoms with Crippen molar-refractivity contribution in [2.75, 3.05) is 19.8 Å². The summed E-state index contributed by atoms with van der Waals surface area (Å²) in [5.41, 5.74) is 0. The quantitative estimate of drug-likeness (QED) is 0.465. The molecule has 1 fully saturated rings. The Labute approximate surface area is 173 Å². The number of carbonyl (C=O) groups excluding carboxylic acids is 3. The molecule has 7 nitrogen and oxygen atoms in total. The van der Waals surface area contributed by atoms with E-state index in [1.807, 2.05) is 0 Å². The molecule has 152 valence electrons. The smallest absolute Gasteiger partial charge is 0.330 e. The van der Waals surface area contributed by atoms with E-state index in [2.05, 4.69) is 10.6 Å². The second kappa shape index (κ2) is 10.9. The summed E-state index contributed by atoms with van der Waals surface area (Å²) < 4.78 is 10.3. The first-order chi connectivity index (χ1) is 13.4. The Kier molecular flexibility index (Phi) is 8.60. The Morgan fingerprint density at radius 1 is 1.36 bits per heavy atom. The molecular formula is C19H22Cl2N2O5. The topological polar surface area (TPSA) is 93.7 Å². The SMILES string of the molecule is CCOC(=O)/C=C/C(C[C@@H]1CCNC1=O)NC(=O)COc1ccc(Cl)c(Cl)c1. The molecule has 1 aromatic carbocycles. The van der Waals surface area contributed by atoms with Gasteiger partial charge in [-0.15, -0.1) is 0 Å². The zero-order valence-electron chi connectivity index (χ0n) is 15.4. The van der Waals surface area contributed by atoms with E-state index in [0.29, 0.717) is 35.2 Å². The molecular weight excluding hydrogens is 407 g/mol. The fourth-order valence-electron chi connectivity index (χ4n) is 2.71. The van der Waals surface area contributed by atoms with Gasteiger partial charge in [0.2, 0.25) is 5.91 Å². The van der Waals surface area contributed by atoms with Crippen LogP contribution in [0.3, 0.4) is 0 Å². The maximum absolute atomic E-state index is 12.3. The third-order valence-corrected chi connectivity index (χ3v) is 4.80. The highest BCUT2D eigenvalue weighted by Gasteiger charge is 2.27. The lowest BCUT2D eigenvalue weighted by Crippen LogP contribution is -2.39. The number of amides is 2. The van der Waals surface area contributed by atoms with Crippen LogP contribution in [-0.2, 0) is 19.1 Å². The lowest BCUT2D eigenvalue weighted by Gasteiger charge is -2.18. The molecule has 0 aromatic heterocycles. The van der Waals surface area contributed by atoms with Gasteiger partial charge < -0.3 is 20.1 Å². The summed E-state index contributed by atoms with van der Waals surface area (Å²) in [5.74, 6) is -0.796. The number of nitrogens with one attached hydrogen (secondary N) is 2. The zero-order valence-corrected chi connectivity index (χ0v) is 16.9. The van der Waals surface area contributed by atoms with Crippen LogP contribution in [-0.4, -0.2) is 43.6 Å². The van der Waals surface area contributed by atoms with Gasteiger partial charge in [0.25, 0.3) is 5.91 Å². The molecule has 1 aliphatic rings. The van der Waals surface area contributed by atoms with E-state index >= 15 is 0 Å². The van der Waals surface area contributed by atoms with E-state index in [4.69, 9.17) is 32.7 Å². The molecule has 0 spiro atoms. The van der Waals surface area contributed by atoms with Crippen LogP contribution in [0.15, 0.2) is 30.4 Å². The second-order valence-corrected chi connectivity index (χ2v) is 6.98. The maximum atomic E-state index is 12.3. The molecule has 1 aromatic rings. The van der Waals surface area contributed by atoms with Crippen molar-refractivity contribution in [3.05, 3.63) is 40.4 Å². The van der Waals surface area contributed by atoms with Crippen LogP contribution in [0, 0.1) is 5.92 Å². The first-order valence-corrected chi connectivity index (χ1v) is 9.64. The van der Waals surface area contributed by atoms with Crippen LogP contribution in [0.5, 0.6) is 5.75 Å². The van der Waals surface area contributed by atoms with Crippen molar-refractivity contribution in [2.24, 2.45) is 5.92 Å². The standard InChI is InChI=1S/C19H22Cl2N2O5/c1-2-27-18(25)6-3-13(9-12-7-8-22-19(12)26)23-17(24)11-28-14-4-5-15(20)16(21)10-14/h3-6,10,12-13H,2,7-9,11H2,1H3,(H,22,26)(H,23,24)/b6-3+/t12-,13?/m0/s1. The third-order valence-electron chi connectivity index (χ3n) is 4.06. The summed E-state index contributed by atoms with van der Waals surface area (Å²) in [6.07, 6.45) is 3.83. The number of esters is 1. The summed E-state index contributed by atoms with van der Waals surface area (Å²) in [6.45, 7) is 2.31. The first-order valence-electron chi connectivity index (χ1n) is 8.89. The van der Waals surface area contributed by atoms with E-state index in [0.717, 1.165) is 0 Å². The maximum Gasteiger partial charge on any atom is 0.330 e. The lowest BCUT2D eigenvalue weighted by molar-refractivity contribution is -0.137. The fourth-order valence-corrected chi connectivity index (χ4v) is 3.00. The van der Waals surface area contributed by atoms with Crippen LogP contribution >= 0.6 is 23.2 Å². The molecule has 0 bridgehead atoms. The number of benzene rings is 1. The van der Waals surface area contributed by atoms with Gasteiger partial charge in [0.1, 0.15) is 5.75 Å². The predicted molar refractivity (Wildman–Crippen MR) is 105 cm³/mol. The van der Waals surface area contributed by atoms with E-state index in [-0.39, 0.29) is 25.0 Å². The molecule has 0 aliphatic carbocycles. The molecule has 2 rings (SSSR count). The van der Waals surface area contributed by atoms with Crippen LogP contribution in [0.1, 0.15) is 19.8 Å². The number of carbonyl (C=O) groups is 3. The minimum absolute atomic E-state index is 0.0594. The summed E-state index contributed by atoms with van der Waals surface area (Å²) in [6, 6.07) is 4.17. The van der Waals surface area contributed by atoms with Crippen molar-refractivity contribution in [3.8, 4) is 5.75 Å². The van der Waals surface area contributed by atoms with E-state index in [1.165, 1.54) is 18.2 Å². The summed E-state index contributed by atoms with van der Waals surface area (Å²) >= 11 is 11.8. The summed E-state index contributed by atoms with van der Waals surface area (Å²) in [5, 5.41) is 6.22. The Balaban J connectivity index is 1.94. The van der Waals surface area contributed by atoms with Gasteiger partial charge in [-0.2, -0.15) is 0 Å². The van der Waals surface area contributed by atoms with Crippen molar-refractivity contribution in [1.82, 2.24) is 10.6 Å². The Hall–Kier alpha value is -2.25. The van der Waals surface area contributed by atoms with Gasteiger partial charge in [0.15, 0.2) is 6.61 Å². The lowest BCUT2D eigenvalue weighted by atomic mass is 9.98. The molecule has 1 heterocycles. The highest BCUT2D eigenvalue weighted by molar-refractivity contribution is 6.42. The molecule has 28 heavy (non-hydrogen) atoms. The predicted octanol–water partition coefficient (Wildman–Crippen LogP) is 2.50. The number of hydrogen-bond donors (Lipinski definition) is 2. The average Bonchev–Trinajstić information content (AvgIpc) is 3.05. The van der Waals surface area contributed by atoms with E-state index in [1.54, 1.807) is 19.1 Å². The largest absolute Gasteiger partial charge is 0.484 e. The van der Waals surface area contributed by atoms with Gasteiger partial charge in [-0.25, -0.2) is 4.79 Å². The highest BCUT2D eigenvalue weighted by Crippen LogP contribution is 2.26. The number of halogens is 2. The Bertz CT molecular complexity index is 754. The van der Waals surface area contributed by atoms with Crippen LogP contribution in [0.25, 0.3) is 0 Å². The van der Waals surface area contributed by atoms with Crippen molar-refractivity contribution >= 4 is 41.0 Å². The van der Waals surface area contributed by atoms with Crippen molar-refractivity contribution in [2.45, 2.75) is 25.8 Å². The molecule has 1 saturated heterocycles. The molecule has 2 N–H and O–H groups in total.